The smallest absolute Gasteiger partial charge is 0.253 e. The van der Waals surface area contributed by atoms with Gasteiger partial charge >= 0.3 is 0 Å². The molecule has 7 heteroatoms. The number of rotatable bonds is 9. The standard InChI is InChI=1S/C28H30N2O4S/c1-29(18-21-9-14-24(33-2)25(17-21)34-3)27(32)22-10-12-23(13-11-22)28-30(26(31)19-35-28)16-15-20-7-5-4-6-8-20/h4-14,17,28H,15-16,18-19H2,1-3H3/t28-/m0/s1. The maximum atomic E-state index is 13.0. The summed E-state index contributed by atoms with van der Waals surface area (Å²) in [7, 11) is 4.97. The monoisotopic (exact) mass is 490 g/mol. The van der Waals surface area contributed by atoms with Crippen molar-refractivity contribution < 1.29 is 19.1 Å². The van der Waals surface area contributed by atoms with Crippen molar-refractivity contribution in [1.29, 1.82) is 0 Å². The number of carbonyl (C=O) groups is 2. The second-order valence-corrected chi connectivity index (χ2v) is 9.53. The molecule has 0 saturated carbocycles. The summed E-state index contributed by atoms with van der Waals surface area (Å²) in [5.41, 5.74) is 3.81. The summed E-state index contributed by atoms with van der Waals surface area (Å²) in [5.74, 6) is 1.86. The van der Waals surface area contributed by atoms with Crippen LogP contribution in [0.3, 0.4) is 0 Å². The highest BCUT2D eigenvalue weighted by atomic mass is 32.2. The topological polar surface area (TPSA) is 59.1 Å². The zero-order valence-electron chi connectivity index (χ0n) is 20.3. The van der Waals surface area contributed by atoms with Crippen LogP contribution in [0, 0.1) is 0 Å². The Balaban J connectivity index is 1.41. The summed E-state index contributed by atoms with van der Waals surface area (Å²) in [4.78, 5) is 29.2. The molecule has 0 radical (unpaired) electrons. The molecule has 0 bridgehead atoms. The maximum absolute atomic E-state index is 13.0. The molecule has 1 atom stereocenters. The van der Waals surface area contributed by atoms with Gasteiger partial charge in [0.15, 0.2) is 11.5 Å². The van der Waals surface area contributed by atoms with Gasteiger partial charge < -0.3 is 19.3 Å². The van der Waals surface area contributed by atoms with Crippen molar-refractivity contribution in [3.05, 3.63) is 95.1 Å². The van der Waals surface area contributed by atoms with Crippen molar-refractivity contribution in [3.63, 3.8) is 0 Å². The van der Waals surface area contributed by atoms with Crippen LogP contribution in [0.1, 0.15) is 32.4 Å². The van der Waals surface area contributed by atoms with Gasteiger partial charge in [-0.25, -0.2) is 0 Å². The lowest BCUT2D eigenvalue weighted by molar-refractivity contribution is -0.128. The van der Waals surface area contributed by atoms with Crippen molar-refractivity contribution >= 4 is 23.6 Å². The number of amides is 2. The van der Waals surface area contributed by atoms with E-state index in [1.807, 2.05) is 65.6 Å². The summed E-state index contributed by atoms with van der Waals surface area (Å²) in [5, 5.41) is -0.0279. The van der Waals surface area contributed by atoms with Crippen molar-refractivity contribution in [2.75, 3.05) is 33.6 Å². The highest BCUT2D eigenvalue weighted by molar-refractivity contribution is 8.00. The second-order valence-electron chi connectivity index (χ2n) is 8.46. The molecule has 1 aliphatic heterocycles. The van der Waals surface area contributed by atoms with Gasteiger partial charge in [0, 0.05) is 25.7 Å². The third-order valence-corrected chi connectivity index (χ3v) is 7.37. The molecule has 0 N–H and O–H groups in total. The molecule has 1 saturated heterocycles. The molecule has 0 aliphatic carbocycles. The Morgan fingerprint density at radius 2 is 1.69 bits per heavy atom. The molecule has 1 aliphatic rings. The normalized spacial score (nSPS) is 15.2. The van der Waals surface area contributed by atoms with Crippen LogP contribution in [0.2, 0.25) is 0 Å². The van der Waals surface area contributed by atoms with E-state index < -0.39 is 0 Å². The molecule has 1 heterocycles. The minimum atomic E-state index is -0.0672. The van der Waals surface area contributed by atoms with Crippen LogP contribution < -0.4 is 9.47 Å². The third-order valence-electron chi connectivity index (χ3n) is 6.11. The van der Waals surface area contributed by atoms with E-state index in [2.05, 4.69) is 12.1 Å². The van der Waals surface area contributed by atoms with E-state index in [0.717, 1.165) is 17.5 Å². The van der Waals surface area contributed by atoms with Gasteiger partial charge in [-0.05, 0) is 47.4 Å². The molecule has 3 aromatic carbocycles. The average Bonchev–Trinajstić information content (AvgIpc) is 3.27. The largest absolute Gasteiger partial charge is 0.493 e. The molecule has 4 rings (SSSR count). The lowest BCUT2D eigenvalue weighted by Gasteiger charge is -2.24. The Morgan fingerprint density at radius 1 is 0.971 bits per heavy atom. The summed E-state index contributed by atoms with van der Waals surface area (Å²) >= 11 is 1.63. The SMILES string of the molecule is COc1ccc(CN(C)C(=O)c2ccc([C@@H]3SCC(=O)N3CCc3ccccc3)cc2)cc1OC. The summed E-state index contributed by atoms with van der Waals surface area (Å²) in [6, 6.07) is 23.5. The third kappa shape index (κ3) is 5.80. The van der Waals surface area contributed by atoms with Crippen LogP contribution in [0.25, 0.3) is 0 Å². The number of carbonyl (C=O) groups excluding carboxylic acids is 2. The van der Waals surface area contributed by atoms with Crippen molar-refractivity contribution in [3.8, 4) is 11.5 Å². The molecule has 0 unspecified atom stereocenters. The van der Waals surface area contributed by atoms with Crippen LogP contribution in [-0.2, 0) is 17.8 Å². The van der Waals surface area contributed by atoms with Crippen LogP contribution in [0.5, 0.6) is 11.5 Å². The van der Waals surface area contributed by atoms with E-state index in [9.17, 15) is 9.59 Å². The molecule has 3 aromatic rings. The van der Waals surface area contributed by atoms with E-state index in [-0.39, 0.29) is 17.2 Å². The Morgan fingerprint density at radius 3 is 2.37 bits per heavy atom. The zero-order chi connectivity index (χ0) is 24.8. The van der Waals surface area contributed by atoms with E-state index >= 15 is 0 Å². The minimum Gasteiger partial charge on any atom is -0.493 e. The Labute approximate surface area is 210 Å². The Hall–Kier alpha value is -3.45. The van der Waals surface area contributed by atoms with Crippen molar-refractivity contribution in [1.82, 2.24) is 9.80 Å². The summed E-state index contributed by atoms with van der Waals surface area (Å²) in [6.45, 7) is 1.12. The molecule has 182 valence electrons. The quantitative estimate of drug-likeness (QED) is 0.432. The number of thioether (sulfide) groups is 1. The molecule has 0 spiro atoms. The molecular formula is C28H30N2O4S. The molecule has 35 heavy (non-hydrogen) atoms. The van der Waals surface area contributed by atoms with E-state index in [4.69, 9.17) is 9.47 Å². The number of ether oxygens (including phenoxy) is 2. The minimum absolute atomic E-state index is 0.0279. The van der Waals surface area contributed by atoms with Gasteiger partial charge in [-0.15, -0.1) is 11.8 Å². The fourth-order valence-electron chi connectivity index (χ4n) is 4.20. The Bertz CT molecular complexity index is 1170. The fraction of sp³-hybridized carbons (Fsp3) is 0.286. The molecule has 0 aromatic heterocycles. The number of hydrogen-bond acceptors (Lipinski definition) is 5. The predicted octanol–water partition coefficient (Wildman–Crippen LogP) is 4.79. The van der Waals surface area contributed by atoms with Gasteiger partial charge in [-0.2, -0.15) is 0 Å². The van der Waals surface area contributed by atoms with Crippen LogP contribution in [0.4, 0.5) is 0 Å². The van der Waals surface area contributed by atoms with Crippen LogP contribution in [-0.4, -0.2) is 55.2 Å². The zero-order valence-corrected chi connectivity index (χ0v) is 21.1. The molecule has 6 nitrogen and oxygen atoms in total. The van der Waals surface area contributed by atoms with Gasteiger partial charge in [-0.1, -0.05) is 48.5 Å². The van der Waals surface area contributed by atoms with Gasteiger partial charge in [0.05, 0.1) is 20.0 Å². The first kappa shape index (κ1) is 24.7. The molecule has 2 amide bonds. The number of hydrogen-bond donors (Lipinski definition) is 0. The van der Waals surface area contributed by atoms with Gasteiger partial charge in [0.1, 0.15) is 5.37 Å². The van der Waals surface area contributed by atoms with E-state index in [0.29, 0.717) is 35.9 Å². The van der Waals surface area contributed by atoms with Crippen LogP contribution >= 0.6 is 11.8 Å². The lowest BCUT2D eigenvalue weighted by atomic mass is 10.1. The number of benzene rings is 3. The van der Waals surface area contributed by atoms with Gasteiger partial charge in [0.25, 0.3) is 5.91 Å². The van der Waals surface area contributed by atoms with E-state index in [1.54, 1.807) is 37.9 Å². The van der Waals surface area contributed by atoms with Gasteiger partial charge in [0.2, 0.25) is 5.91 Å². The molecular weight excluding hydrogens is 460 g/mol. The average molecular weight is 491 g/mol. The number of methoxy groups -OCH3 is 2. The van der Waals surface area contributed by atoms with Crippen molar-refractivity contribution in [2.24, 2.45) is 0 Å². The first-order chi connectivity index (χ1) is 17.0. The molecule has 1 fully saturated rings. The van der Waals surface area contributed by atoms with E-state index in [1.165, 1.54) is 5.56 Å². The predicted molar refractivity (Wildman–Crippen MR) is 139 cm³/mol. The number of nitrogens with zero attached hydrogens (tertiary/aromatic N) is 2. The van der Waals surface area contributed by atoms with Gasteiger partial charge in [-0.3, -0.25) is 9.59 Å². The highest BCUT2D eigenvalue weighted by Gasteiger charge is 2.32. The highest BCUT2D eigenvalue weighted by Crippen LogP contribution is 2.38. The Kier molecular flexibility index (Phi) is 7.98. The first-order valence-corrected chi connectivity index (χ1v) is 12.6. The summed E-state index contributed by atoms with van der Waals surface area (Å²) in [6.07, 6.45) is 0.821. The summed E-state index contributed by atoms with van der Waals surface area (Å²) < 4.78 is 10.7. The first-order valence-electron chi connectivity index (χ1n) is 11.5. The maximum Gasteiger partial charge on any atom is 0.253 e. The second kappa shape index (κ2) is 11.3. The lowest BCUT2D eigenvalue weighted by Crippen LogP contribution is -2.30. The van der Waals surface area contributed by atoms with Crippen LogP contribution in [0.15, 0.2) is 72.8 Å². The fourth-order valence-corrected chi connectivity index (χ4v) is 5.42. The van der Waals surface area contributed by atoms with Crippen molar-refractivity contribution in [2.45, 2.75) is 18.3 Å².